The lowest BCUT2D eigenvalue weighted by Crippen LogP contribution is -2.29. The average molecular weight is 231 g/mol. The Labute approximate surface area is 99.8 Å². The summed E-state index contributed by atoms with van der Waals surface area (Å²) in [6, 6.07) is 0. The predicted molar refractivity (Wildman–Crippen MR) is 68.7 cm³/mol. The first-order valence-electron chi connectivity index (χ1n) is 6.12. The fourth-order valence-corrected chi connectivity index (χ4v) is 2.76. The third-order valence-corrected chi connectivity index (χ3v) is 3.76. The lowest BCUT2D eigenvalue weighted by Gasteiger charge is -2.22. The van der Waals surface area contributed by atoms with Gasteiger partial charge in [0.25, 0.3) is 0 Å². The molecule has 90 valence electrons. The molecular weight excluding hydrogens is 206 g/mol. The van der Waals surface area contributed by atoms with E-state index in [1.54, 1.807) is 7.11 Å². The minimum Gasteiger partial charge on any atom is -0.384 e. The molecule has 0 radical (unpaired) electrons. The Morgan fingerprint density at radius 2 is 2.33 bits per heavy atom. The number of rotatable bonds is 7. The van der Waals surface area contributed by atoms with Crippen LogP contribution in [0.1, 0.15) is 26.2 Å². The fraction of sp³-hybridized carbons (Fsp3) is 1.00. The Balaban J connectivity index is 2.21. The van der Waals surface area contributed by atoms with E-state index >= 15 is 0 Å². The Kier molecular flexibility index (Phi) is 6.69. The highest BCUT2D eigenvalue weighted by Gasteiger charge is 2.23. The summed E-state index contributed by atoms with van der Waals surface area (Å²) in [7, 11) is 1.80. The van der Waals surface area contributed by atoms with Crippen molar-refractivity contribution in [2.75, 3.05) is 39.1 Å². The molecule has 1 aliphatic rings. The SMILES string of the molecule is CCCC(CS)CN1CCC(COC)C1. The molecule has 1 saturated heterocycles. The smallest absolute Gasteiger partial charge is 0.0503 e. The van der Waals surface area contributed by atoms with Crippen molar-refractivity contribution >= 4 is 12.6 Å². The molecule has 1 heterocycles. The number of ether oxygens (including phenoxy) is 1. The van der Waals surface area contributed by atoms with Crippen LogP contribution in [-0.2, 0) is 4.74 Å². The van der Waals surface area contributed by atoms with E-state index in [-0.39, 0.29) is 0 Å². The van der Waals surface area contributed by atoms with Crippen molar-refractivity contribution in [1.82, 2.24) is 4.90 Å². The molecule has 0 aromatic heterocycles. The summed E-state index contributed by atoms with van der Waals surface area (Å²) in [4.78, 5) is 2.58. The molecule has 1 aliphatic heterocycles. The van der Waals surface area contributed by atoms with Crippen LogP contribution in [0.4, 0.5) is 0 Å². The van der Waals surface area contributed by atoms with E-state index < -0.39 is 0 Å². The van der Waals surface area contributed by atoms with Crippen LogP contribution in [0.25, 0.3) is 0 Å². The highest BCUT2D eigenvalue weighted by molar-refractivity contribution is 7.80. The first kappa shape index (κ1) is 13.3. The maximum atomic E-state index is 5.21. The van der Waals surface area contributed by atoms with Crippen LogP contribution in [0.15, 0.2) is 0 Å². The van der Waals surface area contributed by atoms with Gasteiger partial charge in [0, 0.05) is 20.2 Å². The lowest BCUT2D eigenvalue weighted by atomic mass is 10.1. The van der Waals surface area contributed by atoms with E-state index in [2.05, 4.69) is 24.5 Å². The molecule has 0 N–H and O–H groups in total. The Hall–Kier alpha value is 0.270. The van der Waals surface area contributed by atoms with Crippen molar-refractivity contribution in [3.05, 3.63) is 0 Å². The van der Waals surface area contributed by atoms with Crippen molar-refractivity contribution < 1.29 is 4.74 Å². The van der Waals surface area contributed by atoms with Gasteiger partial charge in [-0.1, -0.05) is 13.3 Å². The Morgan fingerprint density at radius 3 is 2.93 bits per heavy atom. The number of hydrogen-bond acceptors (Lipinski definition) is 3. The molecule has 0 aromatic rings. The molecule has 3 heteroatoms. The van der Waals surface area contributed by atoms with E-state index in [0.29, 0.717) is 0 Å². The summed E-state index contributed by atoms with van der Waals surface area (Å²) in [5.74, 6) is 2.57. The van der Waals surface area contributed by atoms with Gasteiger partial charge in [-0.05, 0) is 37.0 Å². The molecule has 2 atom stereocenters. The zero-order valence-electron chi connectivity index (χ0n) is 10.1. The third-order valence-electron chi connectivity index (χ3n) is 3.24. The van der Waals surface area contributed by atoms with E-state index in [0.717, 1.165) is 24.2 Å². The molecular formula is C12H25NOS. The second-order valence-corrected chi connectivity index (χ2v) is 5.07. The van der Waals surface area contributed by atoms with Crippen molar-refractivity contribution in [2.24, 2.45) is 11.8 Å². The normalized spacial score (nSPS) is 24.6. The van der Waals surface area contributed by atoms with Crippen molar-refractivity contribution in [1.29, 1.82) is 0 Å². The van der Waals surface area contributed by atoms with Gasteiger partial charge in [-0.25, -0.2) is 0 Å². The zero-order chi connectivity index (χ0) is 11.1. The molecule has 0 spiro atoms. The lowest BCUT2D eigenvalue weighted by molar-refractivity contribution is 0.151. The number of hydrogen-bond donors (Lipinski definition) is 1. The van der Waals surface area contributed by atoms with Crippen molar-refractivity contribution in [3.63, 3.8) is 0 Å². The summed E-state index contributed by atoms with van der Waals surface area (Å²) in [6.07, 6.45) is 3.90. The molecule has 1 rings (SSSR count). The molecule has 0 aliphatic carbocycles. The number of nitrogens with zero attached hydrogens (tertiary/aromatic N) is 1. The largest absolute Gasteiger partial charge is 0.384 e. The van der Waals surface area contributed by atoms with Crippen LogP contribution in [0, 0.1) is 11.8 Å². The maximum absolute atomic E-state index is 5.21. The molecule has 0 saturated carbocycles. The maximum Gasteiger partial charge on any atom is 0.0503 e. The van der Waals surface area contributed by atoms with Gasteiger partial charge >= 0.3 is 0 Å². The molecule has 0 amide bonds. The minimum absolute atomic E-state index is 0.761. The van der Waals surface area contributed by atoms with Gasteiger partial charge < -0.3 is 9.64 Å². The second-order valence-electron chi connectivity index (χ2n) is 4.71. The van der Waals surface area contributed by atoms with Gasteiger partial charge in [0.1, 0.15) is 0 Å². The standard InChI is InChI=1S/C12H25NOS/c1-3-4-12(10-15)8-13-6-5-11(7-13)9-14-2/h11-12,15H,3-10H2,1-2H3. The summed E-state index contributed by atoms with van der Waals surface area (Å²) < 4.78 is 5.21. The van der Waals surface area contributed by atoms with E-state index in [9.17, 15) is 0 Å². The Bertz CT molecular complexity index is 166. The Morgan fingerprint density at radius 1 is 1.53 bits per heavy atom. The van der Waals surface area contributed by atoms with Crippen LogP contribution in [-0.4, -0.2) is 44.0 Å². The monoisotopic (exact) mass is 231 g/mol. The van der Waals surface area contributed by atoms with Crippen LogP contribution in [0.2, 0.25) is 0 Å². The summed E-state index contributed by atoms with van der Waals surface area (Å²) in [6.45, 7) is 6.89. The van der Waals surface area contributed by atoms with E-state index in [1.807, 2.05) is 0 Å². The van der Waals surface area contributed by atoms with Gasteiger partial charge in [-0.15, -0.1) is 0 Å². The summed E-state index contributed by atoms with van der Waals surface area (Å²) in [5.41, 5.74) is 0. The molecule has 1 fully saturated rings. The molecule has 2 nitrogen and oxygen atoms in total. The zero-order valence-corrected chi connectivity index (χ0v) is 11.0. The van der Waals surface area contributed by atoms with E-state index in [1.165, 1.54) is 38.9 Å². The third kappa shape index (κ3) is 4.75. The highest BCUT2D eigenvalue weighted by Crippen LogP contribution is 2.19. The summed E-state index contributed by atoms with van der Waals surface area (Å²) >= 11 is 4.43. The van der Waals surface area contributed by atoms with E-state index in [4.69, 9.17) is 4.74 Å². The first-order valence-corrected chi connectivity index (χ1v) is 6.75. The molecule has 0 bridgehead atoms. The predicted octanol–water partition coefficient (Wildman–Crippen LogP) is 2.30. The summed E-state index contributed by atoms with van der Waals surface area (Å²) in [5, 5.41) is 0. The number of likely N-dealkylation sites (tertiary alicyclic amines) is 1. The highest BCUT2D eigenvalue weighted by atomic mass is 32.1. The van der Waals surface area contributed by atoms with Crippen molar-refractivity contribution in [3.8, 4) is 0 Å². The number of methoxy groups -OCH3 is 1. The van der Waals surface area contributed by atoms with Gasteiger partial charge in [-0.3, -0.25) is 0 Å². The second kappa shape index (κ2) is 7.53. The van der Waals surface area contributed by atoms with Crippen LogP contribution >= 0.6 is 12.6 Å². The first-order chi connectivity index (χ1) is 7.30. The van der Waals surface area contributed by atoms with Crippen LogP contribution < -0.4 is 0 Å². The quantitative estimate of drug-likeness (QED) is 0.675. The molecule has 15 heavy (non-hydrogen) atoms. The van der Waals surface area contributed by atoms with Gasteiger partial charge in [-0.2, -0.15) is 12.6 Å². The number of thiol groups is 1. The van der Waals surface area contributed by atoms with Gasteiger partial charge in [0.15, 0.2) is 0 Å². The molecule has 0 aromatic carbocycles. The average Bonchev–Trinajstić information content (AvgIpc) is 2.66. The topological polar surface area (TPSA) is 12.5 Å². The van der Waals surface area contributed by atoms with Crippen LogP contribution in [0.3, 0.4) is 0 Å². The van der Waals surface area contributed by atoms with Crippen LogP contribution in [0.5, 0.6) is 0 Å². The van der Waals surface area contributed by atoms with Gasteiger partial charge in [0.05, 0.1) is 6.61 Å². The fourth-order valence-electron chi connectivity index (χ4n) is 2.46. The molecule has 2 unspecified atom stereocenters. The van der Waals surface area contributed by atoms with Crippen molar-refractivity contribution in [2.45, 2.75) is 26.2 Å². The minimum atomic E-state index is 0.761. The van der Waals surface area contributed by atoms with Gasteiger partial charge in [0.2, 0.25) is 0 Å².